The van der Waals surface area contributed by atoms with Gasteiger partial charge in [-0.3, -0.25) is 25.2 Å². The molecular weight excluding hydrogens is 305 g/mol. The molecule has 6 nitrogen and oxygen atoms in total. The van der Waals surface area contributed by atoms with Gasteiger partial charge < -0.3 is 5.32 Å². The topological polar surface area (TPSA) is 87.3 Å². The Hall–Kier alpha value is -1.79. The lowest BCUT2D eigenvalue weighted by Crippen LogP contribution is -2.40. The molecule has 0 aliphatic carbocycles. The van der Waals surface area contributed by atoms with Gasteiger partial charge in [-0.2, -0.15) is 0 Å². The Morgan fingerprint density at radius 3 is 2.30 bits per heavy atom. The number of nitrogens with one attached hydrogen (secondary N) is 3. The largest absolute Gasteiger partial charge is 0.325 e. The molecule has 0 aromatic heterocycles. The number of carbonyl (C=O) groups is 3. The Labute approximate surface area is 125 Å². The van der Waals surface area contributed by atoms with Crippen LogP contribution in [0.5, 0.6) is 0 Å². The summed E-state index contributed by atoms with van der Waals surface area (Å²) in [6.07, 6.45) is -0.0955. The number of benzene rings is 1. The molecule has 0 aliphatic heterocycles. The maximum absolute atomic E-state index is 11.6. The number of amides is 3. The van der Waals surface area contributed by atoms with Gasteiger partial charge in [0.25, 0.3) is 0 Å². The summed E-state index contributed by atoms with van der Waals surface area (Å²) >= 11 is 11.6. The number of hydrazine groups is 1. The SMILES string of the molecule is CC(=O)NNC(=O)CCC(=O)Nc1ccc(Cl)cc1Cl. The summed E-state index contributed by atoms with van der Waals surface area (Å²) in [6.45, 7) is 1.26. The Morgan fingerprint density at radius 1 is 1.05 bits per heavy atom. The first-order valence-corrected chi connectivity index (χ1v) is 6.44. The highest BCUT2D eigenvalue weighted by molar-refractivity contribution is 6.36. The monoisotopic (exact) mass is 317 g/mol. The van der Waals surface area contributed by atoms with E-state index in [-0.39, 0.29) is 18.7 Å². The second-order valence-corrected chi connectivity index (χ2v) is 4.75. The minimum atomic E-state index is -0.461. The van der Waals surface area contributed by atoms with Gasteiger partial charge in [0.1, 0.15) is 0 Å². The highest BCUT2D eigenvalue weighted by atomic mass is 35.5. The fourth-order valence-electron chi connectivity index (χ4n) is 1.25. The third-order valence-electron chi connectivity index (χ3n) is 2.16. The van der Waals surface area contributed by atoms with E-state index < -0.39 is 11.8 Å². The maximum Gasteiger partial charge on any atom is 0.238 e. The molecule has 0 saturated carbocycles. The molecule has 0 fully saturated rings. The minimum absolute atomic E-state index is 0.0373. The molecule has 108 valence electrons. The summed E-state index contributed by atoms with van der Waals surface area (Å²) in [6, 6.07) is 4.66. The van der Waals surface area contributed by atoms with E-state index >= 15 is 0 Å². The number of rotatable bonds is 4. The van der Waals surface area contributed by atoms with Crippen molar-refractivity contribution < 1.29 is 14.4 Å². The summed E-state index contributed by atoms with van der Waals surface area (Å²) in [5, 5.41) is 3.34. The molecular formula is C12H13Cl2N3O3. The van der Waals surface area contributed by atoms with Gasteiger partial charge in [0, 0.05) is 24.8 Å². The molecule has 0 saturated heterocycles. The average Bonchev–Trinajstić information content (AvgIpc) is 2.37. The molecule has 0 spiro atoms. The summed E-state index contributed by atoms with van der Waals surface area (Å²) in [5.74, 6) is -1.22. The molecule has 20 heavy (non-hydrogen) atoms. The van der Waals surface area contributed by atoms with Gasteiger partial charge >= 0.3 is 0 Å². The molecule has 3 N–H and O–H groups in total. The average molecular weight is 318 g/mol. The van der Waals surface area contributed by atoms with Crippen molar-refractivity contribution in [1.29, 1.82) is 0 Å². The van der Waals surface area contributed by atoms with Crippen LogP contribution in [0, 0.1) is 0 Å². The molecule has 0 radical (unpaired) electrons. The van der Waals surface area contributed by atoms with Crippen LogP contribution in [0.2, 0.25) is 10.0 Å². The zero-order chi connectivity index (χ0) is 15.1. The fourth-order valence-corrected chi connectivity index (χ4v) is 1.71. The van der Waals surface area contributed by atoms with Crippen LogP contribution in [0.1, 0.15) is 19.8 Å². The summed E-state index contributed by atoms with van der Waals surface area (Å²) < 4.78 is 0. The van der Waals surface area contributed by atoms with Crippen molar-refractivity contribution in [3.63, 3.8) is 0 Å². The van der Waals surface area contributed by atoms with Gasteiger partial charge in [0.05, 0.1) is 10.7 Å². The number of hydrogen-bond acceptors (Lipinski definition) is 3. The molecule has 0 bridgehead atoms. The molecule has 0 heterocycles. The van der Waals surface area contributed by atoms with Gasteiger partial charge in [-0.25, -0.2) is 0 Å². The highest BCUT2D eigenvalue weighted by Crippen LogP contribution is 2.25. The Morgan fingerprint density at radius 2 is 1.70 bits per heavy atom. The molecule has 1 aromatic carbocycles. The Balaban J connectivity index is 2.40. The van der Waals surface area contributed by atoms with Crippen LogP contribution in [0.15, 0.2) is 18.2 Å². The lowest BCUT2D eigenvalue weighted by atomic mass is 10.2. The molecule has 0 atom stereocenters. The maximum atomic E-state index is 11.6. The number of carbonyl (C=O) groups excluding carboxylic acids is 3. The first kappa shape index (κ1) is 16.3. The second kappa shape index (κ2) is 7.72. The van der Waals surface area contributed by atoms with Crippen LogP contribution in [0.4, 0.5) is 5.69 Å². The fraction of sp³-hybridized carbons (Fsp3) is 0.250. The minimum Gasteiger partial charge on any atom is -0.325 e. The predicted octanol–water partition coefficient (Wildman–Crippen LogP) is 1.88. The van der Waals surface area contributed by atoms with Gasteiger partial charge in [0.15, 0.2) is 0 Å². The van der Waals surface area contributed by atoms with Crippen LogP contribution in [-0.4, -0.2) is 17.7 Å². The van der Waals surface area contributed by atoms with Gasteiger partial charge in [-0.05, 0) is 18.2 Å². The van der Waals surface area contributed by atoms with Crippen molar-refractivity contribution in [2.24, 2.45) is 0 Å². The van der Waals surface area contributed by atoms with Crippen molar-refractivity contribution in [2.45, 2.75) is 19.8 Å². The van der Waals surface area contributed by atoms with Gasteiger partial charge in [0.2, 0.25) is 17.7 Å². The first-order chi connectivity index (χ1) is 9.38. The third kappa shape index (κ3) is 5.90. The van der Waals surface area contributed by atoms with Crippen LogP contribution < -0.4 is 16.2 Å². The summed E-state index contributed by atoms with van der Waals surface area (Å²) in [4.78, 5) is 33.5. The Kier molecular flexibility index (Phi) is 6.27. The van der Waals surface area contributed by atoms with Crippen molar-refractivity contribution in [2.75, 3.05) is 5.32 Å². The van der Waals surface area contributed by atoms with Crippen molar-refractivity contribution in [3.8, 4) is 0 Å². The molecule has 8 heteroatoms. The van der Waals surface area contributed by atoms with E-state index in [4.69, 9.17) is 23.2 Å². The molecule has 1 aromatic rings. The lowest BCUT2D eigenvalue weighted by molar-refractivity contribution is -0.128. The lowest BCUT2D eigenvalue weighted by Gasteiger charge is -2.08. The smallest absolute Gasteiger partial charge is 0.238 e. The van der Waals surface area contributed by atoms with Crippen LogP contribution in [0.3, 0.4) is 0 Å². The van der Waals surface area contributed by atoms with E-state index in [9.17, 15) is 14.4 Å². The zero-order valence-electron chi connectivity index (χ0n) is 10.6. The van der Waals surface area contributed by atoms with E-state index in [0.29, 0.717) is 15.7 Å². The van der Waals surface area contributed by atoms with Crippen molar-refractivity contribution in [1.82, 2.24) is 10.9 Å². The summed E-state index contributed by atoms with van der Waals surface area (Å²) in [5.41, 5.74) is 4.71. The van der Waals surface area contributed by atoms with Crippen LogP contribution >= 0.6 is 23.2 Å². The number of halogens is 2. The van der Waals surface area contributed by atoms with Gasteiger partial charge in [-0.1, -0.05) is 23.2 Å². The highest BCUT2D eigenvalue weighted by Gasteiger charge is 2.09. The molecule has 0 unspecified atom stereocenters. The second-order valence-electron chi connectivity index (χ2n) is 3.90. The molecule has 3 amide bonds. The molecule has 0 aliphatic rings. The predicted molar refractivity (Wildman–Crippen MR) is 76.3 cm³/mol. The molecule has 1 rings (SSSR count). The van der Waals surface area contributed by atoms with Crippen LogP contribution in [-0.2, 0) is 14.4 Å². The quantitative estimate of drug-likeness (QED) is 0.741. The van der Waals surface area contributed by atoms with E-state index in [1.54, 1.807) is 12.1 Å². The zero-order valence-corrected chi connectivity index (χ0v) is 12.1. The van der Waals surface area contributed by atoms with E-state index in [1.165, 1.54) is 13.0 Å². The van der Waals surface area contributed by atoms with Crippen molar-refractivity contribution >= 4 is 46.6 Å². The van der Waals surface area contributed by atoms with Gasteiger partial charge in [-0.15, -0.1) is 0 Å². The van der Waals surface area contributed by atoms with Crippen molar-refractivity contribution in [3.05, 3.63) is 28.2 Å². The number of hydrogen-bond donors (Lipinski definition) is 3. The summed E-state index contributed by atoms with van der Waals surface area (Å²) in [7, 11) is 0. The van der Waals surface area contributed by atoms with E-state index in [1.807, 2.05) is 0 Å². The Bertz CT molecular complexity index is 535. The standard InChI is InChI=1S/C12H13Cl2N3O3/c1-7(18)16-17-12(20)5-4-11(19)15-10-3-2-8(13)6-9(10)14/h2-3,6H,4-5H2,1H3,(H,15,19)(H,16,18)(H,17,20). The van der Waals surface area contributed by atoms with E-state index in [2.05, 4.69) is 16.2 Å². The normalized spacial score (nSPS) is 9.75. The number of anilines is 1. The first-order valence-electron chi connectivity index (χ1n) is 5.69. The van der Waals surface area contributed by atoms with Crippen LogP contribution in [0.25, 0.3) is 0 Å². The third-order valence-corrected chi connectivity index (χ3v) is 2.71. The van der Waals surface area contributed by atoms with E-state index in [0.717, 1.165) is 0 Å².